The summed E-state index contributed by atoms with van der Waals surface area (Å²) in [5.74, 6) is -0.0472. The first-order valence-corrected chi connectivity index (χ1v) is 10.2. The Morgan fingerprint density at radius 1 is 0.968 bits per heavy atom. The third-order valence-electron chi connectivity index (χ3n) is 5.81. The number of pyridine rings is 1. The highest BCUT2D eigenvalue weighted by molar-refractivity contribution is 5.90. The van der Waals surface area contributed by atoms with Gasteiger partial charge in [0.15, 0.2) is 0 Å². The average Bonchev–Trinajstić information content (AvgIpc) is 2.66. The summed E-state index contributed by atoms with van der Waals surface area (Å²) in [6, 6.07) is 11.1. The summed E-state index contributed by atoms with van der Waals surface area (Å²) < 4.78 is 36.7. The van der Waals surface area contributed by atoms with Gasteiger partial charge in [-0.25, -0.2) is 4.79 Å². The minimum atomic E-state index is -4.31. The molecular formula is C22H23F3N4O2. The number of rotatable bonds is 5. The molecule has 2 aliphatic rings. The number of carbonyl (C=O) groups excluding carboxylic acids is 2. The molecule has 0 bridgehead atoms. The first-order chi connectivity index (χ1) is 14.8. The third kappa shape index (κ3) is 5.15. The molecule has 31 heavy (non-hydrogen) atoms. The lowest BCUT2D eigenvalue weighted by Crippen LogP contribution is -2.50. The highest BCUT2D eigenvalue weighted by Crippen LogP contribution is 2.31. The second-order valence-corrected chi connectivity index (χ2v) is 8.05. The third-order valence-corrected chi connectivity index (χ3v) is 5.81. The van der Waals surface area contributed by atoms with Crippen molar-refractivity contribution in [3.8, 4) is 0 Å². The second-order valence-electron chi connectivity index (χ2n) is 8.05. The zero-order valence-electron chi connectivity index (χ0n) is 16.8. The van der Waals surface area contributed by atoms with E-state index in [-0.39, 0.29) is 11.9 Å². The fourth-order valence-electron chi connectivity index (χ4n) is 3.81. The zero-order chi connectivity index (χ0) is 22.0. The highest BCUT2D eigenvalue weighted by Gasteiger charge is 2.35. The van der Waals surface area contributed by atoms with Crippen molar-refractivity contribution >= 4 is 17.6 Å². The molecule has 6 nitrogen and oxygen atoms in total. The molecule has 0 atom stereocenters. The van der Waals surface area contributed by atoms with E-state index in [0.29, 0.717) is 37.8 Å². The number of hydrogen-bond donors (Lipinski definition) is 1. The van der Waals surface area contributed by atoms with Crippen LogP contribution in [-0.2, 0) is 4.79 Å². The molecule has 0 unspecified atom stereocenters. The summed E-state index contributed by atoms with van der Waals surface area (Å²) in [7, 11) is 0. The maximum absolute atomic E-state index is 12.4. The first kappa shape index (κ1) is 21.1. The number of hydrogen-bond acceptors (Lipinski definition) is 3. The van der Waals surface area contributed by atoms with Crippen molar-refractivity contribution in [2.24, 2.45) is 0 Å². The van der Waals surface area contributed by atoms with Gasteiger partial charge in [-0.3, -0.25) is 9.78 Å². The average molecular weight is 432 g/mol. The van der Waals surface area contributed by atoms with Crippen LogP contribution in [0.25, 0.3) is 0 Å². The van der Waals surface area contributed by atoms with E-state index in [1.807, 2.05) is 30.5 Å². The Kier molecular flexibility index (Phi) is 5.84. The van der Waals surface area contributed by atoms with Crippen molar-refractivity contribution < 1.29 is 22.8 Å². The summed E-state index contributed by atoms with van der Waals surface area (Å²) >= 11 is 0. The van der Waals surface area contributed by atoms with Gasteiger partial charge in [-0.15, -0.1) is 0 Å². The van der Waals surface area contributed by atoms with Crippen LogP contribution in [0, 0.1) is 0 Å². The number of benzene rings is 1. The molecule has 1 aromatic carbocycles. The number of nitrogens with zero attached hydrogens (tertiary/aromatic N) is 3. The largest absolute Gasteiger partial charge is 0.389 e. The number of nitrogens with one attached hydrogen (secondary N) is 1. The van der Waals surface area contributed by atoms with Gasteiger partial charge in [0.2, 0.25) is 5.91 Å². The Hall–Kier alpha value is -3.10. The lowest BCUT2D eigenvalue weighted by molar-refractivity contribution is -0.151. The van der Waals surface area contributed by atoms with Crippen LogP contribution in [0.5, 0.6) is 0 Å². The van der Waals surface area contributed by atoms with Gasteiger partial charge in [-0.1, -0.05) is 18.2 Å². The van der Waals surface area contributed by atoms with Gasteiger partial charge in [0.05, 0.1) is 6.42 Å². The van der Waals surface area contributed by atoms with Crippen LogP contribution >= 0.6 is 0 Å². The zero-order valence-corrected chi connectivity index (χ0v) is 16.8. The summed E-state index contributed by atoms with van der Waals surface area (Å²) in [6.07, 6.45) is -2.34. The first-order valence-electron chi connectivity index (χ1n) is 10.2. The summed E-state index contributed by atoms with van der Waals surface area (Å²) in [6.45, 7) is 2.14. The number of urea groups is 1. The van der Waals surface area contributed by atoms with Crippen LogP contribution in [0.3, 0.4) is 0 Å². The predicted octanol–water partition coefficient (Wildman–Crippen LogP) is 3.98. The summed E-state index contributed by atoms with van der Waals surface area (Å²) in [5.41, 5.74) is 2.80. The normalized spacial score (nSPS) is 17.1. The Bertz CT molecular complexity index is 922. The van der Waals surface area contributed by atoms with E-state index in [2.05, 4.69) is 10.3 Å². The minimum absolute atomic E-state index is 0.107. The van der Waals surface area contributed by atoms with E-state index >= 15 is 0 Å². The maximum Gasteiger partial charge on any atom is 0.389 e. The molecule has 164 valence electrons. The van der Waals surface area contributed by atoms with Crippen LogP contribution in [0.2, 0.25) is 0 Å². The van der Waals surface area contributed by atoms with Gasteiger partial charge in [0, 0.05) is 62.5 Å². The van der Waals surface area contributed by atoms with Crippen LogP contribution in [0.4, 0.5) is 23.7 Å². The van der Waals surface area contributed by atoms with Crippen molar-refractivity contribution in [3.05, 3.63) is 59.9 Å². The van der Waals surface area contributed by atoms with Crippen molar-refractivity contribution in [1.82, 2.24) is 14.8 Å². The minimum Gasteiger partial charge on any atom is -0.341 e. The molecule has 9 heteroatoms. The van der Waals surface area contributed by atoms with E-state index in [4.69, 9.17) is 0 Å². The van der Waals surface area contributed by atoms with Gasteiger partial charge in [0.25, 0.3) is 0 Å². The molecule has 2 aromatic rings. The van der Waals surface area contributed by atoms with E-state index < -0.39 is 24.9 Å². The SMILES string of the molecule is O=C(CCC(F)(F)F)N1CC(c2ccc(NC(=O)N3CC(c4cccnc4)C3)cc2)C1. The van der Waals surface area contributed by atoms with E-state index in [1.54, 1.807) is 23.2 Å². The van der Waals surface area contributed by atoms with Crippen molar-refractivity contribution in [2.75, 3.05) is 31.5 Å². The quantitative estimate of drug-likeness (QED) is 0.777. The molecule has 4 rings (SSSR count). The molecule has 1 aromatic heterocycles. The van der Waals surface area contributed by atoms with Gasteiger partial charge in [0.1, 0.15) is 0 Å². The Labute approximate surface area is 178 Å². The van der Waals surface area contributed by atoms with Gasteiger partial charge in [-0.2, -0.15) is 13.2 Å². The lowest BCUT2D eigenvalue weighted by Gasteiger charge is -2.40. The van der Waals surface area contributed by atoms with Crippen LogP contribution < -0.4 is 5.32 Å². The second kappa shape index (κ2) is 8.56. The number of likely N-dealkylation sites (tertiary alicyclic amines) is 2. The van der Waals surface area contributed by atoms with Crippen LogP contribution in [-0.4, -0.2) is 59.1 Å². The number of carbonyl (C=O) groups is 2. The Morgan fingerprint density at radius 3 is 2.23 bits per heavy atom. The fraction of sp³-hybridized carbons (Fsp3) is 0.409. The lowest BCUT2D eigenvalue weighted by atomic mass is 9.91. The van der Waals surface area contributed by atoms with Crippen molar-refractivity contribution in [1.29, 1.82) is 0 Å². The fourth-order valence-corrected chi connectivity index (χ4v) is 3.81. The molecule has 0 radical (unpaired) electrons. The monoisotopic (exact) mass is 432 g/mol. The van der Waals surface area contributed by atoms with Gasteiger partial charge >= 0.3 is 12.2 Å². The predicted molar refractivity (Wildman–Crippen MR) is 109 cm³/mol. The van der Waals surface area contributed by atoms with E-state index in [9.17, 15) is 22.8 Å². The molecule has 0 saturated carbocycles. The van der Waals surface area contributed by atoms with Gasteiger partial charge in [-0.05, 0) is 29.3 Å². The molecule has 1 N–H and O–H groups in total. The molecule has 2 fully saturated rings. The number of alkyl halides is 3. The number of aromatic nitrogens is 1. The molecule has 0 spiro atoms. The molecular weight excluding hydrogens is 409 g/mol. The maximum atomic E-state index is 12.4. The topological polar surface area (TPSA) is 65.5 Å². The molecule has 2 saturated heterocycles. The molecule has 3 heterocycles. The standard InChI is InChI=1S/C22H23F3N4O2/c23-22(24,25)8-7-20(30)28-11-17(12-28)15-3-5-19(6-4-15)27-21(31)29-13-18(14-29)16-2-1-9-26-10-16/h1-6,9-10,17-18H,7-8,11-14H2,(H,27,31). The number of anilines is 1. The molecule has 3 amide bonds. The van der Waals surface area contributed by atoms with E-state index in [1.165, 1.54) is 4.90 Å². The summed E-state index contributed by atoms with van der Waals surface area (Å²) in [4.78, 5) is 31.5. The number of halogens is 3. The molecule has 0 aliphatic carbocycles. The number of amides is 3. The summed E-state index contributed by atoms with van der Waals surface area (Å²) in [5, 5.41) is 2.88. The van der Waals surface area contributed by atoms with Crippen molar-refractivity contribution in [2.45, 2.75) is 30.9 Å². The van der Waals surface area contributed by atoms with Crippen LogP contribution in [0.15, 0.2) is 48.8 Å². The Morgan fingerprint density at radius 2 is 1.61 bits per heavy atom. The molecule has 2 aliphatic heterocycles. The van der Waals surface area contributed by atoms with Crippen molar-refractivity contribution in [3.63, 3.8) is 0 Å². The Balaban J connectivity index is 1.21. The van der Waals surface area contributed by atoms with E-state index in [0.717, 1.165) is 11.1 Å². The van der Waals surface area contributed by atoms with Gasteiger partial charge < -0.3 is 15.1 Å². The smallest absolute Gasteiger partial charge is 0.341 e. The van der Waals surface area contributed by atoms with Crippen LogP contribution in [0.1, 0.15) is 35.8 Å². The highest BCUT2D eigenvalue weighted by atomic mass is 19.4.